The van der Waals surface area contributed by atoms with Gasteiger partial charge in [-0.25, -0.2) is 0 Å². The van der Waals surface area contributed by atoms with Gasteiger partial charge in [-0.1, -0.05) is 38.5 Å². The van der Waals surface area contributed by atoms with Crippen LogP contribution in [0.15, 0.2) is 0 Å². The minimum atomic E-state index is -0.524. The molecule has 0 amide bonds. The van der Waals surface area contributed by atoms with Gasteiger partial charge in [-0.15, -0.1) is 11.6 Å². The molecule has 0 saturated heterocycles. The van der Waals surface area contributed by atoms with Crippen molar-refractivity contribution < 1.29 is 4.79 Å². The SMILES string of the molecule is C[C@@]1(Cl)C(=O)[C@H]2CCCCCCCC[C@H]21. The van der Waals surface area contributed by atoms with Crippen LogP contribution < -0.4 is 0 Å². The lowest BCUT2D eigenvalue weighted by Crippen LogP contribution is -2.57. The first-order valence-corrected chi connectivity index (χ1v) is 6.75. The average molecular weight is 229 g/mol. The first kappa shape index (κ1) is 11.4. The Balaban J connectivity index is 1.99. The van der Waals surface area contributed by atoms with Crippen LogP contribution >= 0.6 is 11.6 Å². The predicted molar refractivity (Wildman–Crippen MR) is 63.2 cm³/mol. The van der Waals surface area contributed by atoms with E-state index in [0.29, 0.717) is 17.6 Å². The third-order valence-corrected chi connectivity index (χ3v) is 4.75. The van der Waals surface area contributed by atoms with E-state index in [2.05, 4.69) is 0 Å². The lowest BCUT2D eigenvalue weighted by molar-refractivity contribution is -0.140. The lowest BCUT2D eigenvalue weighted by Gasteiger charge is -2.48. The molecule has 0 unspecified atom stereocenters. The largest absolute Gasteiger partial charge is 0.297 e. The van der Waals surface area contributed by atoms with Crippen LogP contribution in [0.5, 0.6) is 0 Å². The number of Topliss-reactive ketones (excluding diaryl/α,β-unsaturated/α-hetero) is 1. The zero-order valence-electron chi connectivity index (χ0n) is 9.60. The number of hydrogen-bond acceptors (Lipinski definition) is 1. The topological polar surface area (TPSA) is 17.1 Å². The fourth-order valence-electron chi connectivity index (χ4n) is 3.25. The van der Waals surface area contributed by atoms with Crippen molar-refractivity contribution in [2.75, 3.05) is 0 Å². The van der Waals surface area contributed by atoms with Crippen LogP contribution in [0.3, 0.4) is 0 Å². The van der Waals surface area contributed by atoms with Crippen LogP contribution in [-0.4, -0.2) is 10.7 Å². The molecule has 2 rings (SSSR count). The summed E-state index contributed by atoms with van der Waals surface area (Å²) in [4.78, 5) is 11.3. The Bertz CT molecular complexity index is 247. The second kappa shape index (κ2) is 4.45. The predicted octanol–water partition coefficient (Wildman–Crippen LogP) is 3.93. The molecule has 0 heterocycles. The van der Waals surface area contributed by atoms with Crippen LogP contribution in [0.25, 0.3) is 0 Å². The zero-order chi connectivity index (χ0) is 10.9. The Morgan fingerprint density at radius 1 is 1.07 bits per heavy atom. The van der Waals surface area contributed by atoms with Crippen molar-refractivity contribution >= 4 is 17.4 Å². The van der Waals surface area contributed by atoms with Crippen molar-refractivity contribution in [2.45, 2.75) is 63.2 Å². The molecule has 0 aliphatic heterocycles. The molecule has 2 aliphatic rings. The summed E-state index contributed by atoms with van der Waals surface area (Å²) in [6, 6.07) is 0. The molecule has 2 fully saturated rings. The fourth-order valence-corrected chi connectivity index (χ4v) is 3.65. The minimum Gasteiger partial charge on any atom is -0.297 e. The quantitative estimate of drug-likeness (QED) is 0.574. The number of ketones is 1. The highest BCUT2D eigenvalue weighted by Crippen LogP contribution is 2.50. The van der Waals surface area contributed by atoms with E-state index >= 15 is 0 Å². The second-order valence-corrected chi connectivity index (χ2v) is 6.14. The van der Waals surface area contributed by atoms with E-state index in [4.69, 9.17) is 11.6 Å². The highest BCUT2D eigenvalue weighted by Gasteiger charge is 2.56. The van der Waals surface area contributed by atoms with Crippen LogP contribution in [0.2, 0.25) is 0 Å². The van der Waals surface area contributed by atoms with E-state index in [-0.39, 0.29) is 0 Å². The van der Waals surface area contributed by atoms with Crippen molar-refractivity contribution in [3.63, 3.8) is 0 Å². The van der Waals surface area contributed by atoms with E-state index < -0.39 is 4.87 Å². The molecule has 0 bridgehead atoms. The Kier molecular flexibility index (Phi) is 3.39. The third kappa shape index (κ3) is 2.08. The van der Waals surface area contributed by atoms with Gasteiger partial charge in [0.15, 0.2) is 5.78 Å². The number of hydrogen-bond donors (Lipinski definition) is 0. The van der Waals surface area contributed by atoms with Crippen molar-refractivity contribution in [3.05, 3.63) is 0 Å². The van der Waals surface area contributed by atoms with E-state index in [9.17, 15) is 4.79 Å². The van der Waals surface area contributed by atoms with Gasteiger partial charge in [0.05, 0.1) is 0 Å². The van der Waals surface area contributed by atoms with Gasteiger partial charge in [0, 0.05) is 5.92 Å². The first-order chi connectivity index (χ1) is 7.14. The fraction of sp³-hybridized carbons (Fsp3) is 0.923. The Morgan fingerprint density at radius 3 is 2.27 bits per heavy atom. The number of fused-ring (bicyclic) bond motifs is 1. The standard InChI is InChI=1S/C13H21ClO/c1-13(14)11-9-7-5-3-2-4-6-8-10(11)12(13)15/h10-11H,2-9H2,1H3/t10-,11+,13-/m0/s1. The number of carbonyl (C=O) groups is 1. The van der Waals surface area contributed by atoms with Crippen LogP contribution in [0.4, 0.5) is 0 Å². The minimum absolute atomic E-state index is 0.297. The van der Waals surface area contributed by atoms with Crippen LogP contribution in [0, 0.1) is 11.8 Å². The molecule has 2 heteroatoms. The van der Waals surface area contributed by atoms with Gasteiger partial charge in [0.2, 0.25) is 0 Å². The molecule has 2 saturated carbocycles. The maximum atomic E-state index is 11.8. The maximum absolute atomic E-state index is 11.8. The molecular formula is C13H21ClO. The number of alkyl halides is 1. The van der Waals surface area contributed by atoms with Gasteiger partial charge >= 0.3 is 0 Å². The summed E-state index contributed by atoms with van der Waals surface area (Å²) in [6.07, 6.45) is 10.1. The molecule has 0 aromatic rings. The summed E-state index contributed by atoms with van der Waals surface area (Å²) in [6.45, 7) is 1.92. The summed E-state index contributed by atoms with van der Waals surface area (Å²) in [5, 5.41) is 0. The van der Waals surface area contributed by atoms with E-state index in [1.807, 2.05) is 6.92 Å². The maximum Gasteiger partial charge on any atom is 0.157 e. The first-order valence-electron chi connectivity index (χ1n) is 6.37. The molecule has 2 aliphatic carbocycles. The van der Waals surface area contributed by atoms with Crippen molar-refractivity contribution in [1.82, 2.24) is 0 Å². The summed E-state index contributed by atoms with van der Waals surface area (Å²) in [5.41, 5.74) is 0. The highest BCUT2D eigenvalue weighted by atomic mass is 35.5. The van der Waals surface area contributed by atoms with Crippen molar-refractivity contribution in [1.29, 1.82) is 0 Å². The Morgan fingerprint density at radius 2 is 1.60 bits per heavy atom. The molecule has 0 aromatic heterocycles. The van der Waals surface area contributed by atoms with Crippen molar-refractivity contribution in [3.8, 4) is 0 Å². The van der Waals surface area contributed by atoms with E-state index in [1.54, 1.807) is 0 Å². The summed E-state index contributed by atoms with van der Waals surface area (Å²) in [5.74, 6) is 1.07. The van der Waals surface area contributed by atoms with E-state index in [0.717, 1.165) is 12.8 Å². The molecule has 3 atom stereocenters. The van der Waals surface area contributed by atoms with Gasteiger partial charge in [0.1, 0.15) is 4.87 Å². The number of halogens is 1. The Labute approximate surface area is 97.6 Å². The molecule has 0 aromatic carbocycles. The zero-order valence-corrected chi connectivity index (χ0v) is 10.4. The molecule has 0 radical (unpaired) electrons. The van der Waals surface area contributed by atoms with E-state index in [1.165, 1.54) is 38.5 Å². The van der Waals surface area contributed by atoms with Crippen LogP contribution in [0.1, 0.15) is 58.3 Å². The summed E-state index contributed by atoms with van der Waals surface area (Å²) >= 11 is 6.30. The summed E-state index contributed by atoms with van der Waals surface area (Å²) in [7, 11) is 0. The van der Waals surface area contributed by atoms with Gasteiger partial charge in [-0.2, -0.15) is 0 Å². The van der Waals surface area contributed by atoms with Crippen LogP contribution in [-0.2, 0) is 4.79 Å². The molecular weight excluding hydrogens is 208 g/mol. The molecule has 15 heavy (non-hydrogen) atoms. The van der Waals surface area contributed by atoms with Gasteiger partial charge in [-0.05, 0) is 25.7 Å². The average Bonchev–Trinajstić information content (AvgIpc) is 2.24. The Hall–Kier alpha value is -0.0400. The van der Waals surface area contributed by atoms with Gasteiger partial charge in [-0.3, -0.25) is 4.79 Å². The van der Waals surface area contributed by atoms with Gasteiger partial charge < -0.3 is 0 Å². The number of carbonyl (C=O) groups excluding carboxylic acids is 1. The highest BCUT2D eigenvalue weighted by molar-refractivity contribution is 6.38. The third-order valence-electron chi connectivity index (χ3n) is 4.28. The molecule has 86 valence electrons. The smallest absolute Gasteiger partial charge is 0.157 e. The monoisotopic (exact) mass is 228 g/mol. The summed E-state index contributed by atoms with van der Waals surface area (Å²) < 4.78 is 0. The van der Waals surface area contributed by atoms with Gasteiger partial charge in [0.25, 0.3) is 0 Å². The van der Waals surface area contributed by atoms with Crippen molar-refractivity contribution in [2.24, 2.45) is 11.8 Å². The number of rotatable bonds is 0. The normalized spacial score (nSPS) is 42.9. The molecule has 0 spiro atoms. The second-order valence-electron chi connectivity index (χ2n) is 5.35. The lowest BCUT2D eigenvalue weighted by atomic mass is 9.60. The molecule has 0 N–H and O–H groups in total. The molecule has 1 nitrogen and oxygen atoms in total.